The first-order valence-electron chi connectivity index (χ1n) is 9.39. The number of nitrogens with one attached hydrogen (secondary N) is 1. The van der Waals surface area contributed by atoms with E-state index in [4.69, 9.17) is 10.5 Å². The van der Waals surface area contributed by atoms with E-state index in [0.29, 0.717) is 12.4 Å². The van der Waals surface area contributed by atoms with Crippen LogP contribution in [0.3, 0.4) is 0 Å². The fourth-order valence-corrected chi connectivity index (χ4v) is 3.35. The number of nitrogens with zero attached hydrogens (tertiary/aromatic N) is 3. The molecule has 0 amide bonds. The van der Waals surface area contributed by atoms with Crippen molar-refractivity contribution in [1.29, 1.82) is 0 Å². The van der Waals surface area contributed by atoms with Gasteiger partial charge in [0.05, 0.1) is 5.56 Å². The molecule has 3 aromatic rings. The summed E-state index contributed by atoms with van der Waals surface area (Å²) >= 11 is 0. The number of piperidine rings is 1. The van der Waals surface area contributed by atoms with Crippen LogP contribution in [0.2, 0.25) is 0 Å². The number of hydrogen-bond acceptors (Lipinski definition) is 5. The molecule has 0 spiro atoms. The third-order valence-corrected chi connectivity index (χ3v) is 5.03. The van der Waals surface area contributed by atoms with Crippen molar-refractivity contribution in [2.24, 2.45) is 5.73 Å². The number of H-pyrrole nitrogens is 1. The molecule has 1 saturated heterocycles. The molecule has 0 aliphatic carbocycles. The summed E-state index contributed by atoms with van der Waals surface area (Å²) in [7, 11) is 2.15. The van der Waals surface area contributed by atoms with Gasteiger partial charge in [-0.2, -0.15) is 5.10 Å². The SMILES string of the molecule is CN1CCC(Oc2ccccc2-c2nc(-c3ccc(CN)cc3)n[nH]2)CC1. The highest BCUT2D eigenvalue weighted by atomic mass is 16.5. The van der Waals surface area contributed by atoms with Gasteiger partial charge in [0.1, 0.15) is 11.9 Å². The molecule has 1 aromatic heterocycles. The molecule has 1 fully saturated rings. The second kappa shape index (κ2) is 7.90. The van der Waals surface area contributed by atoms with E-state index in [1.165, 1.54) is 0 Å². The highest BCUT2D eigenvalue weighted by Gasteiger charge is 2.20. The maximum Gasteiger partial charge on any atom is 0.181 e. The van der Waals surface area contributed by atoms with Crippen LogP contribution in [0.15, 0.2) is 48.5 Å². The lowest BCUT2D eigenvalue weighted by Crippen LogP contribution is -2.35. The molecule has 4 rings (SSSR count). The Hall–Kier alpha value is -2.70. The Bertz CT molecular complexity index is 882. The lowest BCUT2D eigenvalue weighted by Gasteiger charge is -2.29. The topological polar surface area (TPSA) is 80.1 Å². The quantitative estimate of drug-likeness (QED) is 0.728. The highest BCUT2D eigenvalue weighted by Crippen LogP contribution is 2.30. The molecule has 3 N–H and O–H groups in total. The molecule has 6 heteroatoms. The van der Waals surface area contributed by atoms with Crippen LogP contribution in [0.1, 0.15) is 18.4 Å². The Labute approximate surface area is 159 Å². The maximum atomic E-state index is 6.31. The number of benzene rings is 2. The van der Waals surface area contributed by atoms with E-state index in [2.05, 4.69) is 27.1 Å². The molecule has 0 unspecified atom stereocenters. The van der Waals surface area contributed by atoms with Crippen molar-refractivity contribution in [3.8, 4) is 28.5 Å². The molecule has 2 heterocycles. The van der Waals surface area contributed by atoms with Gasteiger partial charge in [-0.05, 0) is 37.6 Å². The number of ether oxygens (including phenoxy) is 1. The van der Waals surface area contributed by atoms with Gasteiger partial charge in [0.25, 0.3) is 0 Å². The van der Waals surface area contributed by atoms with Gasteiger partial charge in [0.2, 0.25) is 0 Å². The molecule has 0 bridgehead atoms. The largest absolute Gasteiger partial charge is 0.490 e. The summed E-state index contributed by atoms with van der Waals surface area (Å²) in [5.41, 5.74) is 8.66. The van der Waals surface area contributed by atoms with Crippen molar-refractivity contribution < 1.29 is 4.74 Å². The summed E-state index contributed by atoms with van der Waals surface area (Å²) in [6, 6.07) is 16.0. The minimum Gasteiger partial charge on any atom is -0.490 e. The summed E-state index contributed by atoms with van der Waals surface area (Å²) in [5.74, 6) is 2.24. The second-order valence-electron chi connectivity index (χ2n) is 7.03. The Morgan fingerprint density at radius 1 is 1.11 bits per heavy atom. The van der Waals surface area contributed by atoms with Crippen molar-refractivity contribution in [2.45, 2.75) is 25.5 Å². The third kappa shape index (κ3) is 4.02. The van der Waals surface area contributed by atoms with Gasteiger partial charge >= 0.3 is 0 Å². The fraction of sp³-hybridized carbons (Fsp3) is 0.333. The predicted molar refractivity (Wildman–Crippen MR) is 106 cm³/mol. The average Bonchev–Trinajstić information content (AvgIpc) is 3.20. The molecule has 27 heavy (non-hydrogen) atoms. The summed E-state index contributed by atoms with van der Waals surface area (Å²) in [5, 5.41) is 7.45. The van der Waals surface area contributed by atoms with Crippen LogP contribution in [0, 0.1) is 0 Å². The standard InChI is InChI=1S/C21H25N5O/c1-26-12-10-17(11-13-26)27-19-5-3-2-4-18(19)21-23-20(24-25-21)16-8-6-15(14-22)7-9-16/h2-9,17H,10-14,22H2,1H3,(H,23,24,25). The normalized spacial score (nSPS) is 15.8. The Morgan fingerprint density at radius 3 is 2.59 bits per heavy atom. The molecule has 1 aliphatic heterocycles. The first-order chi connectivity index (χ1) is 13.2. The zero-order chi connectivity index (χ0) is 18.6. The number of nitrogens with two attached hydrogens (primary N) is 1. The van der Waals surface area contributed by atoms with Crippen LogP contribution in [-0.4, -0.2) is 46.3 Å². The highest BCUT2D eigenvalue weighted by molar-refractivity contribution is 5.66. The molecular weight excluding hydrogens is 338 g/mol. The van der Waals surface area contributed by atoms with Gasteiger partial charge in [-0.15, -0.1) is 0 Å². The van der Waals surface area contributed by atoms with E-state index in [1.54, 1.807) is 0 Å². The summed E-state index contributed by atoms with van der Waals surface area (Å²) in [6.45, 7) is 2.66. The fourth-order valence-electron chi connectivity index (χ4n) is 3.35. The van der Waals surface area contributed by atoms with Crippen LogP contribution in [0.5, 0.6) is 5.75 Å². The molecule has 1 aliphatic rings. The first-order valence-corrected chi connectivity index (χ1v) is 9.39. The summed E-state index contributed by atoms with van der Waals surface area (Å²) < 4.78 is 6.31. The number of para-hydroxylation sites is 1. The Morgan fingerprint density at radius 2 is 1.85 bits per heavy atom. The van der Waals surface area contributed by atoms with Crippen LogP contribution >= 0.6 is 0 Å². The first kappa shape index (κ1) is 17.7. The Balaban J connectivity index is 1.56. The number of hydrogen-bond donors (Lipinski definition) is 2. The minimum atomic E-state index is 0.244. The zero-order valence-corrected chi connectivity index (χ0v) is 15.6. The van der Waals surface area contributed by atoms with E-state index >= 15 is 0 Å². The predicted octanol–water partition coefficient (Wildman–Crippen LogP) is 3.07. The number of aromatic amines is 1. The van der Waals surface area contributed by atoms with Crippen LogP contribution in [0.25, 0.3) is 22.8 Å². The van der Waals surface area contributed by atoms with Crippen LogP contribution in [-0.2, 0) is 6.54 Å². The zero-order valence-electron chi connectivity index (χ0n) is 15.6. The van der Waals surface area contributed by atoms with Crippen molar-refractivity contribution >= 4 is 0 Å². The molecule has 2 aromatic carbocycles. The van der Waals surface area contributed by atoms with Gasteiger partial charge in [0.15, 0.2) is 11.6 Å². The lowest BCUT2D eigenvalue weighted by molar-refractivity contribution is 0.115. The van der Waals surface area contributed by atoms with Gasteiger partial charge in [-0.25, -0.2) is 4.98 Å². The van der Waals surface area contributed by atoms with E-state index in [1.807, 2.05) is 48.5 Å². The molecule has 0 radical (unpaired) electrons. The van der Waals surface area contributed by atoms with E-state index < -0.39 is 0 Å². The van der Waals surface area contributed by atoms with Gasteiger partial charge in [-0.1, -0.05) is 36.4 Å². The second-order valence-corrected chi connectivity index (χ2v) is 7.03. The van der Waals surface area contributed by atoms with Crippen molar-refractivity contribution in [2.75, 3.05) is 20.1 Å². The van der Waals surface area contributed by atoms with E-state index in [0.717, 1.165) is 54.2 Å². The van der Waals surface area contributed by atoms with Gasteiger partial charge in [0, 0.05) is 25.2 Å². The van der Waals surface area contributed by atoms with E-state index in [-0.39, 0.29) is 6.10 Å². The molecule has 0 saturated carbocycles. The van der Waals surface area contributed by atoms with E-state index in [9.17, 15) is 0 Å². The van der Waals surface area contributed by atoms with Crippen molar-refractivity contribution in [1.82, 2.24) is 20.1 Å². The molecule has 140 valence electrons. The number of aromatic nitrogens is 3. The maximum absolute atomic E-state index is 6.31. The third-order valence-electron chi connectivity index (χ3n) is 5.03. The van der Waals surface area contributed by atoms with Crippen molar-refractivity contribution in [3.63, 3.8) is 0 Å². The number of rotatable bonds is 5. The lowest BCUT2D eigenvalue weighted by atomic mass is 10.1. The smallest absolute Gasteiger partial charge is 0.181 e. The average molecular weight is 363 g/mol. The summed E-state index contributed by atoms with van der Waals surface area (Å²) in [6.07, 6.45) is 2.33. The number of likely N-dealkylation sites (tertiary alicyclic amines) is 1. The molecular formula is C21H25N5O. The van der Waals surface area contributed by atoms with Crippen LogP contribution < -0.4 is 10.5 Å². The summed E-state index contributed by atoms with van der Waals surface area (Å²) in [4.78, 5) is 7.02. The molecule has 6 nitrogen and oxygen atoms in total. The van der Waals surface area contributed by atoms with Gasteiger partial charge in [-0.3, -0.25) is 5.10 Å². The monoisotopic (exact) mass is 363 g/mol. The van der Waals surface area contributed by atoms with Crippen LogP contribution in [0.4, 0.5) is 0 Å². The van der Waals surface area contributed by atoms with Gasteiger partial charge < -0.3 is 15.4 Å². The van der Waals surface area contributed by atoms with Crippen molar-refractivity contribution in [3.05, 3.63) is 54.1 Å². The molecule has 0 atom stereocenters. The minimum absolute atomic E-state index is 0.244. The Kier molecular flexibility index (Phi) is 5.18.